The fraction of sp³-hybridized carbons (Fsp3) is 0.300. The van der Waals surface area contributed by atoms with Gasteiger partial charge in [-0.05, 0) is 37.1 Å². The number of fused-ring (bicyclic) bond motifs is 1. The monoisotopic (exact) mass is 396 g/mol. The van der Waals surface area contributed by atoms with E-state index in [0.717, 1.165) is 5.52 Å². The van der Waals surface area contributed by atoms with Crippen LogP contribution in [0.5, 0.6) is 0 Å². The van der Waals surface area contributed by atoms with Gasteiger partial charge in [-0.1, -0.05) is 0 Å². The number of rotatable bonds is 4. The third-order valence-corrected chi connectivity index (χ3v) is 5.10. The fourth-order valence-corrected chi connectivity index (χ4v) is 3.38. The van der Waals surface area contributed by atoms with Gasteiger partial charge in [0, 0.05) is 19.8 Å². The van der Waals surface area contributed by atoms with Crippen LogP contribution in [-0.4, -0.2) is 33.7 Å². The highest BCUT2D eigenvalue weighted by atomic mass is 19.1. The lowest BCUT2D eigenvalue weighted by Crippen LogP contribution is -2.17. The highest BCUT2D eigenvalue weighted by Gasteiger charge is 2.43. The van der Waals surface area contributed by atoms with Gasteiger partial charge in [0.25, 0.3) is 0 Å². The van der Waals surface area contributed by atoms with E-state index in [0.29, 0.717) is 22.5 Å². The maximum absolute atomic E-state index is 14.6. The number of hydrogen-bond donors (Lipinski definition) is 1. The number of amides is 1. The van der Waals surface area contributed by atoms with Crippen LogP contribution < -0.4 is 10.2 Å². The zero-order valence-corrected chi connectivity index (χ0v) is 16.1. The van der Waals surface area contributed by atoms with Gasteiger partial charge in [-0.15, -0.1) is 0 Å². The van der Waals surface area contributed by atoms with Crippen molar-refractivity contribution in [1.82, 2.24) is 14.5 Å². The third kappa shape index (κ3) is 3.27. The Hall–Kier alpha value is -3.54. The first kappa shape index (κ1) is 18.8. The Balaban J connectivity index is 1.79. The summed E-state index contributed by atoms with van der Waals surface area (Å²) in [5.41, 5.74) is 3.05. The largest absolute Gasteiger partial charge is 0.341 e. The van der Waals surface area contributed by atoms with Gasteiger partial charge < -0.3 is 14.8 Å². The number of hydrogen-bond acceptors (Lipinski definition) is 5. The fourth-order valence-electron chi connectivity index (χ4n) is 3.38. The lowest BCUT2D eigenvalue weighted by molar-refractivity contribution is -0.117. The maximum atomic E-state index is 14.6. The van der Waals surface area contributed by atoms with Crippen LogP contribution in [0, 0.1) is 30.1 Å². The van der Waals surface area contributed by atoms with Gasteiger partial charge in [-0.3, -0.25) is 4.79 Å². The molecule has 3 aromatic rings. The van der Waals surface area contributed by atoms with Crippen LogP contribution in [0.3, 0.4) is 0 Å². The first-order valence-corrected chi connectivity index (χ1v) is 9.01. The normalized spacial score (nSPS) is 17.8. The molecule has 29 heavy (non-hydrogen) atoms. The van der Waals surface area contributed by atoms with Crippen LogP contribution in [0.25, 0.3) is 11.0 Å². The van der Waals surface area contributed by atoms with Gasteiger partial charge in [-0.25, -0.2) is 14.4 Å². The SMILES string of the molecule is Cc1cc(C#N)nc(F)c1N(C)c1cc(NC(=O)C2CC2F)c2ncn(C)c2c1. The number of carbonyl (C=O) groups is 1. The van der Waals surface area contributed by atoms with Crippen molar-refractivity contribution in [2.24, 2.45) is 13.0 Å². The van der Waals surface area contributed by atoms with Crippen molar-refractivity contribution in [2.75, 3.05) is 17.3 Å². The number of anilines is 3. The lowest BCUT2D eigenvalue weighted by atomic mass is 10.1. The highest BCUT2D eigenvalue weighted by molar-refractivity contribution is 6.03. The summed E-state index contributed by atoms with van der Waals surface area (Å²) < 4.78 is 29.6. The molecule has 9 heteroatoms. The minimum absolute atomic E-state index is 0.00241. The molecule has 0 radical (unpaired) electrons. The first-order chi connectivity index (χ1) is 13.8. The zero-order chi connectivity index (χ0) is 20.9. The smallest absolute Gasteiger partial charge is 0.238 e. The van der Waals surface area contributed by atoms with E-state index in [-0.39, 0.29) is 17.8 Å². The van der Waals surface area contributed by atoms with E-state index >= 15 is 0 Å². The highest BCUT2D eigenvalue weighted by Crippen LogP contribution is 2.37. The van der Waals surface area contributed by atoms with Gasteiger partial charge in [0.15, 0.2) is 0 Å². The Kier molecular flexibility index (Phi) is 4.42. The van der Waals surface area contributed by atoms with E-state index in [1.807, 2.05) is 12.1 Å². The number of aryl methyl sites for hydroxylation is 2. The second-order valence-corrected chi connectivity index (χ2v) is 7.20. The summed E-state index contributed by atoms with van der Waals surface area (Å²) >= 11 is 0. The molecule has 1 aliphatic rings. The second-order valence-electron chi connectivity index (χ2n) is 7.20. The molecular formula is C20H18F2N6O. The van der Waals surface area contributed by atoms with Gasteiger partial charge in [0.05, 0.1) is 29.1 Å². The Morgan fingerprint density at radius 1 is 1.41 bits per heavy atom. The maximum Gasteiger partial charge on any atom is 0.238 e. The summed E-state index contributed by atoms with van der Waals surface area (Å²) in [6, 6.07) is 6.82. The molecule has 2 unspecified atom stereocenters. The summed E-state index contributed by atoms with van der Waals surface area (Å²) in [6.07, 6.45) is 0.716. The van der Waals surface area contributed by atoms with Crippen molar-refractivity contribution in [3.05, 3.63) is 41.7 Å². The van der Waals surface area contributed by atoms with Gasteiger partial charge in [-0.2, -0.15) is 9.65 Å². The number of carbonyl (C=O) groups excluding carboxylic acids is 1. The van der Waals surface area contributed by atoms with E-state index in [1.165, 1.54) is 6.07 Å². The molecule has 1 N–H and O–H groups in total. The number of alkyl halides is 1. The summed E-state index contributed by atoms with van der Waals surface area (Å²) in [5.74, 6) is -1.80. The van der Waals surface area contributed by atoms with Crippen molar-refractivity contribution in [2.45, 2.75) is 19.5 Å². The standard InChI is InChI=1S/C20H18F2N6O/c1-10-4-11(8-23)25-19(22)18(10)28(3)12-5-15(26-20(29)13-7-14(13)21)17-16(6-12)27(2)9-24-17/h4-6,9,13-14H,7H2,1-3H3,(H,26,29). The van der Waals surface area contributed by atoms with Crippen LogP contribution in [0.4, 0.5) is 25.8 Å². The number of aromatic nitrogens is 3. The van der Waals surface area contributed by atoms with Crippen LogP contribution >= 0.6 is 0 Å². The molecule has 1 aromatic carbocycles. The van der Waals surface area contributed by atoms with Crippen LogP contribution in [0.2, 0.25) is 0 Å². The number of nitrogens with one attached hydrogen (secondary N) is 1. The number of nitriles is 1. The van der Waals surface area contributed by atoms with Crippen LogP contribution in [0.15, 0.2) is 24.5 Å². The average Bonchev–Trinajstić information content (AvgIpc) is 3.30. The minimum Gasteiger partial charge on any atom is -0.341 e. The molecule has 2 aromatic heterocycles. The van der Waals surface area contributed by atoms with E-state index in [9.17, 15) is 13.6 Å². The topological polar surface area (TPSA) is 86.8 Å². The van der Waals surface area contributed by atoms with Crippen molar-refractivity contribution in [1.29, 1.82) is 5.26 Å². The molecule has 1 amide bonds. The molecule has 2 heterocycles. The van der Waals surface area contributed by atoms with Gasteiger partial charge in [0.1, 0.15) is 23.5 Å². The van der Waals surface area contributed by atoms with Crippen LogP contribution in [-0.2, 0) is 11.8 Å². The van der Waals surface area contributed by atoms with Crippen molar-refractivity contribution < 1.29 is 13.6 Å². The van der Waals surface area contributed by atoms with E-state index in [1.54, 1.807) is 42.9 Å². The number of imidazole rings is 1. The number of pyridine rings is 1. The summed E-state index contributed by atoms with van der Waals surface area (Å²) in [5, 5.41) is 11.7. The molecule has 1 aliphatic carbocycles. The van der Waals surface area contributed by atoms with Crippen molar-refractivity contribution in [3.63, 3.8) is 0 Å². The second kappa shape index (κ2) is 6.81. The van der Waals surface area contributed by atoms with Crippen molar-refractivity contribution >= 4 is 34.0 Å². The van der Waals surface area contributed by atoms with E-state index in [2.05, 4.69) is 15.3 Å². The predicted molar refractivity (Wildman–Crippen MR) is 104 cm³/mol. The summed E-state index contributed by atoms with van der Waals surface area (Å²) in [6.45, 7) is 1.69. The van der Waals surface area contributed by atoms with E-state index < -0.39 is 23.9 Å². The quantitative estimate of drug-likeness (QED) is 0.684. The summed E-state index contributed by atoms with van der Waals surface area (Å²) in [4.78, 5) is 21.9. The first-order valence-electron chi connectivity index (χ1n) is 9.01. The molecule has 7 nitrogen and oxygen atoms in total. The Bertz CT molecular complexity index is 1160. The number of halogens is 2. The van der Waals surface area contributed by atoms with Gasteiger partial charge >= 0.3 is 0 Å². The molecule has 0 bridgehead atoms. The van der Waals surface area contributed by atoms with Crippen LogP contribution in [0.1, 0.15) is 17.7 Å². The Morgan fingerprint density at radius 2 is 2.14 bits per heavy atom. The summed E-state index contributed by atoms with van der Waals surface area (Å²) in [7, 11) is 3.47. The molecular weight excluding hydrogens is 378 g/mol. The molecule has 4 rings (SSSR count). The van der Waals surface area contributed by atoms with E-state index in [4.69, 9.17) is 5.26 Å². The third-order valence-electron chi connectivity index (χ3n) is 5.10. The average molecular weight is 396 g/mol. The Labute approximate surface area is 165 Å². The molecule has 0 spiro atoms. The molecule has 2 atom stereocenters. The van der Waals surface area contributed by atoms with Crippen molar-refractivity contribution in [3.8, 4) is 6.07 Å². The number of benzene rings is 1. The number of nitrogens with zero attached hydrogens (tertiary/aromatic N) is 5. The predicted octanol–water partition coefficient (Wildman–Crippen LogP) is 3.35. The minimum atomic E-state index is -1.11. The molecule has 148 valence electrons. The van der Waals surface area contributed by atoms with Gasteiger partial charge in [0.2, 0.25) is 11.9 Å². The zero-order valence-electron chi connectivity index (χ0n) is 16.1. The molecule has 1 saturated carbocycles. The lowest BCUT2D eigenvalue weighted by Gasteiger charge is -2.23. The molecule has 0 aliphatic heterocycles. The molecule has 1 fully saturated rings. The Morgan fingerprint density at radius 3 is 2.76 bits per heavy atom. The molecule has 0 saturated heterocycles.